The van der Waals surface area contributed by atoms with Gasteiger partial charge in [-0.25, -0.2) is 14.4 Å². The molecule has 3 rings (SSSR count). The maximum atomic E-state index is 13.1. The highest BCUT2D eigenvalue weighted by Crippen LogP contribution is 2.35. The number of nitrogens with one attached hydrogen (secondary N) is 1. The number of hydrogen-bond donors (Lipinski definition) is 1. The zero-order valence-corrected chi connectivity index (χ0v) is 15.3. The summed E-state index contributed by atoms with van der Waals surface area (Å²) in [6.07, 6.45) is 2.30. The topological polar surface area (TPSA) is 110 Å². The fourth-order valence-electron chi connectivity index (χ4n) is 3.12. The minimum Gasteiger partial charge on any atom is -0.466 e. The molecule has 1 aliphatic rings. The highest BCUT2D eigenvalue weighted by molar-refractivity contribution is 5.75. The van der Waals surface area contributed by atoms with Gasteiger partial charge in [0.15, 0.2) is 0 Å². The number of hydrogen-bond acceptors (Lipinski definition) is 8. The molecule has 1 aliphatic heterocycles. The number of halogens is 1. The average Bonchev–Trinajstić information content (AvgIpc) is 2.69. The number of ether oxygens (including phenoxy) is 1. The van der Waals surface area contributed by atoms with Gasteiger partial charge in [0, 0.05) is 18.8 Å². The Morgan fingerprint density at radius 1 is 1.32 bits per heavy atom. The number of benzene rings is 1. The van der Waals surface area contributed by atoms with Gasteiger partial charge in [-0.2, -0.15) is 0 Å². The summed E-state index contributed by atoms with van der Waals surface area (Å²) in [5, 5.41) is 14.6. The van der Waals surface area contributed by atoms with Crippen molar-refractivity contribution in [3.05, 3.63) is 46.5 Å². The van der Waals surface area contributed by atoms with Gasteiger partial charge in [-0.05, 0) is 44.0 Å². The molecule has 148 valence electrons. The molecular formula is C18H20FN5O4. The molecule has 2 aromatic rings. The van der Waals surface area contributed by atoms with E-state index in [1.54, 1.807) is 11.8 Å². The first-order valence-corrected chi connectivity index (χ1v) is 8.93. The number of nitro groups is 1. The molecule has 10 heteroatoms. The molecule has 0 amide bonds. The van der Waals surface area contributed by atoms with Gasteiger partial charge in [0.2, 0.25) is 11.6 Å². The van der Waals surface area contributed by atoms with Crippen LogP contribution in [0, 0.1) is 21.8 Å². The second kappa shape index (κ2) is 8.59. The smallest absolute Gasteiger partial charge is 0.353 e. The zero-order chi connectivity index (χ0) is 20.1. The average molecular weight is 389 g/mol. The fraction of sp³-hybridized carbons (Fsp3) is 0.389. The van der Waals surface area contributed by atoms with Crippen molar-refractivity contribution in [2.75, 3.05) is 29.9 Å². The molecule has 28 heavy (non-hydrogen) atoms. The lowest BCUT2D eigenvalue weighted by Gasteiger charge is -2.31. The SMILES string of the molecule is CCOC(=O)C1CCN(c2ncnc(Nc3ccc(F)cc3)c2[N+](=O)[O-])CC1. The van der Waals surface area contributed by atoms with Gasteiger partial charge in [0.1, 0.15) is 12.1 Å². The van der Waals surface area contributed by atoms with Crippen molar-refractivity contribution in [3.8, 4) is 0 Å². The normalized spacial score (nSPS) is 14.6. The standard InChI is InChI=1S/C18H20FN5O4/c1-2-28-18(25)12-7-9-23(10-8-12)17-15(24(26)27)16(20-11-21-17)22-14-5-3-13(19)4-6-14/h3-6,11-12H,2,7-10H2,1H3,(H,20,21,22). The van der Waals surface area contributed by atoms with Gasteiger partial charge >= 0.3 is 11.7 Å². The number of nitrogens with zero attached hydrogens (tertiary/aromatic N) is 4. The van der Waals surface area contributed by atoms with Crippen molar-refractivity contribution in [2.45, 2.75) is 19.8 Å². The first kappa shape index (κ1) is 19.5. The van der Waals surface area contributed by atoms with Crippen molar-refractivity contribution in [1.82, 2.24) is 9.97 Å². The van der Waals surface area contributed by atoms with E-state index >= 15 is 0 Å². The van der Waals surface area contributed by atoms with Crippen LogP contribution in [0.15, 0.2) is 30.6 Å². The summed E-state index contributed by atoms with van der Waals surface area (Å²) in [4.78, 5) is 32.9. The predicted octanol–water partition coefficient (Wildman–Crippen LogP) is 3.05. The monoisotopic (exact) mass is 389 g/mol. The second-order valence-electron chi connectivity index (χ2n) is 6.30. The Labute approximate surface area is 160 Å². The third kappa shape index (κ3) is 4.33. The Hall–Kier alpha value is -3.30. The van der Waals surface area contributed by atoms with Crippen molar-refractivity contribution < 1.29 is 18.8 Å². The molecule has 1 fully saturated rings. The number of esters is 1. The maximum Gasteiger partial charge on any atom is 0.353 e. The predicted molar refractivity (Wildman–Crippen MR) is 99.9 cm³/mol. The molecule has 0 atom stereocenters. The van der Waals surface area contributed by atoms with Gasteiger partial charge in [-0.3, -0.25) is 14.9 Å². The Morgan fingerprint density at radius 2 is 2.00 bits per heavy atom. The van der Waals surface area contributed by atoms with Crippen LogP contribution in [0.1, 0.15) is 19.8 Å². The summed E-state index contributed by atoms with van der Waals surface area (Å²) < 4.78 is 18.1. The third-order valence-electron chi connectivity index (χ3n) is 4.51. The van der Waals surface area contributed by atoms with E-state index in [2.05, 4.69) is 15.3 Å². The number of aromatic nitrogens is 2. The van der Waals surface area contributed by atoms with E-state index in [-0.39, 0.29) is 29.2 Å². The van der Waals surface area contributed by atoms with Gasteiger partial charge in [0.25, 0.3) is 0 Å². The van der Waals surface area contributed by atoms with E-state index in [1.807, 2.05) is 0 Å². The van der Waals surface area contributed by atoms with Gasteiger partial charge in [-0.1, -0.05) is 0 Å². The second-order valence-corrected chi connectivity index (χ2v) is 6.30. The molecule has 0 bridgehead atoms. The highest BCUT2D eigenvalue weighted by Gasteiger charge is 2.32. The van der Waals surface area contributed by atoms with Crippen LogP contribution in [0.25, 0.3) is 0 Å². The molecule has 0 saturated carbocycles. The minimum absolute atomic E-state index is 0.0223. The van der Waals surface area contributed by atoms with E-state index in [1.165, 1.54) is 30.6 Å². The van der Waals surface area contributed by atoms with E-state index in [4.69, 9.17) is 4.74 Å². The van der Waals surface area contributed by atoms with E-state index in [9.17, 15) is 19.3 Å². The van der Waals surface area contributed by atoms with Crippen LogP contribution < -0.4 is 10.2 Å². The molecule has 2 heterocycles. The van der Waals surface area contributed by atoms with Crippen LogP contribution in [0.5, 0.6) is 0 Å². The van der Waals surface area contributed by atoms with Gasteiger partial charge in [-0.15, -0.1) is 0 Å². The Balaban J connectivity index is 1.81. The highest BCUT2D eigenvalue weighted by atomic mass is 19.1. The fourth-order valence-corrected chi connectivity index (χ4v) is 3.12. The summed E-state index contributed by atoms with van der Waals surface area (Å²) in [5.41, 5.74) is 0.205. The van der Waals surface area contributed by atoms with Crippen LogP contribution >= 0.6 is 0 Å². The van der Waals surface area contributed by atoms with Crippen LogP contribution in [0.4, 0.5) is 27.4 Å². The molecule has 1 aromatic carbocycles. The molecular weight excluding hydrogens is 369 g/mol. The zero-order valence-electron chi connectivity index (χ0n) is 15.3. The molecule has 0 aliphatic carbocycles. The number of anilines is 3. The summed E-state index contributed by atoms with van der Waals surface area (Å²) in [5.74, 6) is -0.652. The molecule has 0 spiro atoms. The van der Waals surface area contributed by atoms with Crippen LogP contribution in [0.2, 0.25) is 0 Å². The first-order chi connectivity index (χ1) is 13.5. The van der Waals surface area contributed by atoms with Crippen molar-refractivity contribution >= 4 is 29.0 Å². The van der Waals surface area contributed by atoms with Gasteiger partial charge < -0.3 is 15.0 Å². The number of piperidine rings is 1. The lowest BCUT2D eigenvalue weighted by atomic mass is 9.97. The van der Waals surface area contributed by atoms with Crippen molar-refractivity contribution in [1.29, 1.82) is 0 Å². The molecule has 1 aromatic heterocycles. The van der Waals surface area contributed by atoms with Gasteiger partial charge in [0.05, 0.1) is 17.4 Å². The summed E-state index contributed by atoms with van der Waals surface area (Å²) in [6, 6.07) is 5.42. The Kier molecular flexibility index (Phi) is 5.97. The first-order valence-electron chi connectivity index (χ1n) is 8.93. The number of carbonyl (C=O) groups is 1. The lowest BCUT2D eigenvalue weighted by molar-refractivity contribution is -0.383. The van der Waals surface area contributed by atoms with E-state index in [0.717, 1.165) is 0 Å². The maximum absolute atomic E-state index is 13.1. The lowest BCUT2D eigenvalue weighted by Crippen LogP contribution is -2.37. The number of carbonyl (C=O) groups excluding carboxylic acids is 1. The Morgan fingerprint density at radius 3 is 2.61 bits per heavy atom. The molecule has 1 N–H and O–H groups in total. The molecule has 9 nitrogen and oxygen atoms in total. The molecule has 1 saturated heterocycles. The largest absolute Gasteiger partial charge is 0.466 e. The third-order valence-corrected chi connectivity index (χ3v) is 4.51. The molecule has 0 radical (unpaired) electrons. The quantitative estimate of drug-likeness (QED) is 0.456. The van der Waals surface area contributed by atoms with Crippen LogP contribution in [-0.2, 0) is 9.53 Å². The van der Waals surface area contributed by atoms with Crippen LogP contribution in [-0.4, -0.2) is 40.6 Å². The number of rotatable bonds is 6. The van der Waals surface area contributed by atoms with E-state index < -0.39 is 10.7 Å². The van der Waals surface area contributed by atoms with E-state index in [0.29, 0.717) is 38.2 Å². The van der Waals surface area contributed by atoms with Crippen LogP contribution in [0.3, 0.4) is 0 Å². The van der Waals surface area contributed by atoms with Crippen molar-refractivity contribution in [2.24, 2.45) is 5.92 Å². The summed E-state index contributed by atoms with van der Waals surface area (Å²) in [7, 11) is 0. The summed E-state index contributed by atoms with van der Waals surface area (Å²) >= 11 is 0. The summed E-state index contributed by atoms with van der Waals surface area (Å²) in [6.45, 7) is 2.97. The minimum atomic E-state index is -0.543. The molecule has 0 unspecified atom stereocenters. The Bertz CT molecular complexity index is 854. The van der Waals surface area contributed by atoms with Crippen molar-refractivity contribution in [3.63, 3.8) is 0 Å².